The molecule has 6 nitrogen and oxygen atoms in total. The van der Waals surface area contributed by atoms with E-state index in [2.05, 4.69) is 32.6 Å². The topological polar surface area (TPSA) is 64.6 Å². The van der Waals surface area contributed by atoms with Crippen molar-refractivity contribution in [2.45, 2.75) is 34.2 Å². The average molecular weight is 400 g/mol. The molecule has 0 N–H and O–H groups in total. The summed E-state index contributed by atoms with van der Waals surface area (Å²) in [6.07, 6.45) is 0.782. The minimum Gasteiger partial charge on any atom is -0.493 e. The first-order chi connectivity index (χ1) is 13.5. The first kappa shape index (κ1) is 20.2. The van der Waals surface area contributed by atoms with Crippen molar-refractivity contribution in [1.82, 2.24) is 14.9 Å². The van der Waals surface area contributed by atoms with E-state index >= 15 is 0 Å². The van der Waals surface area contributed by atoms with E-state index in [1.807, 2.05) is 0 Å². The van der Waals surface area contributed by atoms with Crippen molar-refractivity contribution in [2.24, 2.45) is 0 Å². The maximum Gasteiger partial charge on any atom is 0.231 e. The smallest absolute Gasteiger partial charge is 0.231 e. The number of fused-ring (bicyclic) bond motifs is 1. The summed E-state index contributed by atoms with van der Waals surface area (Å²) < 4.78 is 11.6. The highest BCUT2D eigenvalue weighted by molar-refractivity contribution is 7.18. The molecule has 0 radical (unpaired) electrons. The van der Waals surface area contributed by atoms with Gasteiger partial charge in [0.2, 0.25) is 5.88 Å². The molecular formula is C21H25N3O3S. The summed E-state index contributed by atoms with van der Waals surface area (Å²) >= 11 is 1.65. The van der Waals surface area contributed by atoms with Gasteiger partial charge < -0.3 is 9.47 Å². The van der Waals surface area contributed by atoms with Gasteiger partial charge in [-0.15, -0.1) is 11.3 Å². The van der Waals surface area contributed by atoms with E-state index in [-0.39, 0.29) is 0 Å². The van der Waals surface area contributed by atoms with Crippen LogP contribution < -0.4 is 9.47 Å². The van der Waals surface area contributed by atoms with Crippen molar-refractivity contribution >= 4 is 27.8 Å². The minimum absolute atomic E-state index is 0.492. The van der Waals surface area contributed by atoms with Gasteiger partial charge in [-0.25, -0.2) is 4.98 Å². The Labute approximate surface area is 169 Å². The van der Waals surface area contributed by atoms with Crippen LogP contribution in [0.15, 0.2) is 18.2 Å². The summed E-state index contributed by atoms with van der Waals surface area (Å²) in [6, 6.07) is 5.09. The Balaban J connectivity index is 2.09. The molecule has 1 aromatic carbocycles. The predicted octanol–water partition coefficient (Wildman–Crippen LogP) is 4.76. The van der Waals surface area contributed by atoms with Crippen molar-refractivity contribution < 1.29 is 14.3 Å². The largest absolute Gasteiger partial charge is 0.493 e. The molecule has 0 saturated carbocycles. The Hall–Kier alpha value is -2.51. The second-order valence-corrected chi connectivity index (χ2v) is 7.70. The van der Waals surface area contributed by atoms with Crippen LogP contribution in [0.4, 0.5) is 0 Å². The molecule has 0 aliphatic carbocycles. The highest BCUT2D eigenvalue weighted by Crippen LogP contribution is 2.39. The number of hydrogen-bond donors (Lipinski definition) is 0. The molecule has 3 aromatic rings. The van der Waals surface area contributed by atoms with Gasteiger partial charge in [-0.3, -0.25) is 9.69 Å². The zero-order valence-electron chi connectivity index (χ0n) is 16.9. The van der Waals surface area contributed by atoms with Crippen LogP contribution in [-0.2, 0) is 6.54 Å². The van der Waals surface area contributed by atoms with Crippen LogP contribution >= 0.6 is 11.3 Å². The van der Waals surface area contributed by atoms with Gasteiger partial charge in [0.05, 0.1) is 19.0 Å². The van der Waals surface area contributed by atoms with Crippen LogP contribution in [0.2, 0.25) is 0 Å². The van der Waals surface area contributed by atoms with Crippen molar-refractivity contribution in [3.05, 3.63) is 40.0 Å². The van der Waals surface area contributed by atoms with Gasteiger partial charge in [0.1, 0.15) is 16.9 Å². The predicted molar refractivity (Wildman–Crippen MR) is 112 cm³/mol. The monoisotopic (exact) mass is 399 g/mol. The van der Waals surface area contributed by atoms with Gasteiger partial charge in [0.25, 0.3) is 0 Å². The van der Waals surface area contributed by atoms with Crippen LogP contribution in [0.3, 0.4) is 0 Å². The molecule has 0 unspecified atom stereocenters. The Morgan fingerprint density at radius 2 is 1.89 bits per heavy atom. The Kier molecular flexibility index (Phi) is 6.26. The number of methoxy groups -OCH3 is 1. The van der Waals surface area contributed by atoms with E-state index < -0.39 is 0 Å². The average Bonchev–Trinajstić information content (AvgIpc) is 3.00. The van der Waals surface area contributed by atoms with Crippen molar-refractivity contribution in [2.75, 3.05) is 20.2 Å². The molecule has 0 amide bonds. The highest BCUT2D eigenvalue weighted by Gasteiger charge is 2.19. The van der Waals surface area contributed by atoms with E-state index in [4.69, 9.17) is 19.4 Å². The van der Waals surface area contributed by atoms with Crippen LogP contribution in [0, 0.1) is 13.8 Å². The quantitative estimate of drug-likeness (QED) is 0.509. The number of carbonyl (C=O) groups is 1. The fraction of sp³-hybridized carbons (Fsp3) is 0.381. The maximum absolute atomic E-state index is 11.1. The number of benzene rings is 1. The number of nitrogens with zero attached hydrogens (tertiary/aromatic N) is 3. The fourth-order valence-corrected chi connectivity index (χ4v) is 4.03. The second kappa shape index (κ2) is 8.67. The number of thiophene rings is 1. The maximum atomic E-state index is 11.1. The highest BCUT2D eigenvalue weighted by atomic mass is 32.1. The lowest BCUT2D eigenvalue weighted by Gasteiger charge is -2.17. The van der Waals surface area contributed by atoms with Crippen LogP contribution in [-0.4, -0.2) is 41.4 Å². The molecule has 7 heteroatoms. The zero-order chi connectivity index (χ0) is 20.3. The number of rotatable bonds is 8. The molecule has 0 atom stereocenters. The Morgan fingerprint density at radius 3 is 2.54 bits per heavy atom. The molecule has 2 aromatic heterocycles. The molecule has 0 aliphatic heterocycles. The van der Waals surface area contributed by atoms with Gasteiger partial charge in [0.15, 0.2) is 11.5 Å². The minimum atomic E-state index is 0.492. The molecule has 28 heavy (non-hydrogen) atoms. The van der Waals surface area contributed by atoms with Crippen molar-refractivity contribution in [1.29, 1.82) is 0 Å². The number of aryl methyl sites for hydroxylation is 2. The SMILES string of the molecule is CCN(CC)Cc1nc(Oc2ccc(C=O)cc2OC)c2c(C)c(C)sc2n1. The summed E-state index contributed by atoms with van der Waals surface area (Å²) in [7, 11) is 1.55. The normalized spacial score (nSPS) is 11.2. The van der Waals surface area contributed by atoms with Gasteiger partial charge in [-0.1, -0.05) is 13.8 Å². The van der Waals surface area contributed by atoms with Gasteiger partial charge in [-0.05, 0) is 50.7 Å². The van der Waals surface area contributed by atoms with Gasteiger partial charge >= 0.3 is 0 Å². The second-order valence-electron chi connectivity index (χ2n) is 6.50. The summed E-state index contributed by atoms with van der Waals surface area (Å²) in [5, 5.41) is 0.923. The molecule has 148 valence electrons. The van der Waals surface area contributed by atoms with Gasteiger partial charge in [-0.2, -0.15) is 4.98 Å². The Bertz CT molecular complexity index is 996. The van der Waals surface area contributed by atoms with Crippen LogP contribution in [0.25, 0.3) is 10.2 Å². The standard InChI is InChI=1S/C21H25N3O3S/c1-6-24(7-2)11-18-22-20(19-13(3)14(4)28-21(19)23-18)27-16-9-8-15(12-25)10-17(16)26-5/h8-10,12H,6-7,11H2,1-5H3. The van der Waals surface area contributed by atoms with E-state index in [9.17, 15) is 4.79 Å². The number of ether oxygens (including phenoxy) is 2. The van der Waals surface area contributed by atoms with Crippen LogP contribution in [0.1, 0.15) is 40.5 Å². The van der Waals surface area contributed by atoms with Crippen molar-refractivity contribution in [3.8, 4) is 17.4 Å². The third-order valence-corrected chi connectivity index (χ3v) is 5.93. The molecule has 0 saturated heterocycles. The lowest BCUT2D eigenvalue weighted by molar-refractivity contribution is 0.112. The van der Waals surface area contributed by atoms with E-state index in [1.165, 1.54) is 4.88 Å². The van der Waals surface area contributed by atoms with E-state index in [1.54, 1.807) is 36.6 Å². The molecule has 3 rings (SSSR count). The number of aldehydes is 1. The zero-order valence-corrected chi connectivity index (χ0v) is 17.7. The summed E-state index contributed by atoms with van der Waals surface area (Å²) in [5.74, 6) is 2.26. The Morgan fingerprint density at radius 1 is 1.14 bits per heavy atom. The first-order valence-corrected chi connectivity index (χ1v) is 10.1. The molecule has 0 aliphatic rings. The first-order valence-electron chi connectivity index (χ1n) is 9.30. The molecule has 0 bridgehead atoms. The third kappa shape index (κ3) is 4.00. The third-order valence-electron chi connectivity index (χ3n) is 4.83. The summed E-state index contributed by atoms with van der Waals surface area (Å²) in [6.45, 7) is 10.9. The molecular weight excluding hydrogens is 374 g/mol. The van der Waals surface area contributed by atoms with Gasteiger partial charge in [0, 0.05) is 10.4 Å². The molecule has 0 fully saturated rings. The molecule has 0 spiro atoms. The number of aromatic nitrogens is 2. The number of hydrogen-bond acceptors (Lipinski definition) is 7. The summed E-state index contributed by atoms with van der Waals surface area (Å²) in [4.78, 5) is 24.9. The lowest BCUT2D eigenvalue weighted by atomic mass is 10.2. The van der Waals surface area contributed by atoms with E-state index in [0.29, 0.717) is 29.5 Å². The summed E-state index contributed by atoms with van der Waals surface area (Å²) in [5.41, 5.74) is 1.65. The van der Waals surface area contributed by atoms with Crippen molar-refractivity contribution in [3.63, 3.8) is 0 Å². The van der Waals surface area contributed by atoms with Crippen LogP contribution in [0.5, 0.6) is 17.4 Å². The molecule has 2 heterocycles. The lowest BCUT2D eigenvalue weighted by Crippen LogP contribution is -2.23. The van der Waals surface area contributed by atoms with E-state index in [0.717, 1.165) is 41.0 Å². The fourth-order valence-electron chi connectivity index (χ4n) is 2.99. The number of carbonyl (C=O) groups excluding carboxylic acids is 1.